The fourth-order valence-electron chi connectivity index (χ4n) is 1.68. The Balaban J connectivity index is 1.91. The zero-order valence-electron chi connectivity index (χ0n) is 10.4. The van der Waals surface area contributed by atoms with E-state index >= 15 is 0 Å². The Hall–Kier alpha value is -1.14. The lowest BCUT2D eigenvalue weighted by Gasteiger charge is -2.11. The van der Waals surface area contributed by atoms with Gasteiger partial charge in [-0.15, -0.1) is 0 Å². The highest BCUT2D eigenvalue weighted by Gasteiger charge is 2.16. The van der Waals surface area contributed by atoms with E-state index in [1.54, 1.807) is 0 Å². The summed E-state index contributed by atoms with van der Waals surface area (Å²) in [7, 11) is 0. The van der Waals surface area contributed by atoms with Gasteiger partial charge in [0.25, 0.3) is 0 Å². The Morgan fingerprint density at radius 2 is 2.33 bits per heavy atom. The van der Waals surface area contributed by atoms with Crippen molar-refractivity contribution < 1.29 is 9.47 Å². The van der Waals surface area contributed by atoms with Gasteiger partial charge >= 0.3 is 6.01 Å². The van der Waals surface area contributed by atoms with Gasteiger partial charge in [-0.25, -0.2) is 0 Å². The molecule has 0 aromatic carbocycles. The summed E-state index contributed by atoms with van der Waals surface area (Å²) in [6.45, 7) is 4.08. The second-order valence-electron chi connectivity index (χ2n) is 4.08. The van der Waals surface area contributed by atoms with Gasteiger partial charge in [-0.3, -0.25) is 0 Å². The number of hydrogen-bond donors (Lipinski definition) is 1. The number of hydrogen-bond acceptors (Lipinski definition) is 6. The van der Waals surface area contributed by atoms with Crippen LogP contribution >= 0.6 is 11.6 Å². The molecule has 1 unspecified atom stereocenters. The van der Waals surface area contributed by atoms with Crippen LogP contribution in [0, 0.1) is 0 Å². The van der Waals surface area contributed by atoms with Crippen LogP contribution in [0.4, 0.5) is 5.95 Å². The first-order valence-corrected chi connectivity index (χ1v) is 6.55. The molecule has 100 valence electrons. The highest BCUT2D eigenvalue weighted by atomic mass is 35.5. The van der Waals surface area contributed by atoms with E-state index in [1.165, 1.54) is 0 Å². The topological polar surface area (TPSA) is 69.2 Å². The molecule has 1 aromatic heterocycles. The summed E-state index contributed by atoms with van der Waals surface area (Å²) in [6, 6.07) is 0.256. The second-order valence-corrected chi connectivity index (χ2v) is 4.41. The lowest BCUT2D eigenvalue weighted by Crippen LogP contribution is -2.20. The SMILES string of the molecule is CCCOc1nc(Cl)nc(NCC2CCCO2)n1. The average Bonchev–Trinajstić information content (AvgIpc) is 2.86. The van der Waals surface area contributed by atoms with Crippen LogP contribution in [0.1, 0.15) is 26.2 Å². The number of nitrogens with one attached hydrogen (secondary N) is 1. The predicted octanol–water partition coefficient (Wildman–Crippen LogP) is 1.90. The molecule has 0 radical (unpaired) electrons. The molecule has 0 aliphatic carbocycles. The van der Waals surface area contributed by atoms with Crippen LogP contribution in [0.3, 0.4) is 0 Å². The van der Waals surface area contributed by atoms with Crippen LogP contribution in [-0.4, -0.2) is 40.8 Å². The molecule has 2 rings (SSSR count). The van der Waals surface area contributed by atoms with E-state index in [4.69, 9.17) is 21.1 Å². The van der Waals surface area contributed by atoms with Gasteiger partial charge in [-0.2, -0.15) is 15.0 Å². The van der Waals surface area contributed by atoms with E-state index in [-0.39, 0.29) is 17.4 Å². The molecule has 0 spiro atoms. The summed E-state index contributed by atoms with van der Waals surface area (Å²) in [5.74, 6) is 0.427. The Morgan fingerprint density at radius 3 is 3.06 bits per heavy atom. The molecular formula is C11H17ClN4O2. The van der Waals surface area contributed by atoms with E-state index in [9.17, 15) is 0 Å². The van der Waals surface area contributed by atoms with Crippen molar-refractivity contribution in [1.82, 2.24) is 15.0 Å². The third-order valence-corrected chi connectivity index (χ3v) is 2.70. The minimum Gasteiger partial charge on any atom is -0.463 e. The maximum Gasteiger partial charge on any atom is 0.322 e. The van der Waals surface area contributed by atoms with E-state index < -0.39 is 0 Å². The van der Waals surface area contributed by atoms with Gasteiger partial charge in [-0.05, 0) is 30.9 Å². The molecule has 1 saturated heterocycles. The van der Waals surface area contributed by atoms with Crippen molar-refractivity contribution in [2.75, 3.05) is 25.1 Å². The monoisotopic (exact) mass is 272 g/mol. The molecule has 2 heterocycles. The van der Waals surface area contributed by atoms with Gasteiger partial charge in [0.1, 0.15) is 0 Å². The first-order chi connectivity index (χ1) is 8.78. The summed E-state index contributed by atoms with van der Waals surface area (Å²) in [5, 5.41) is 3.22. The van der Waals surface area contributed by atoms with Crippen LogP contribution < -0.4 is 10.1 Å². The van der Waals surface area contributed by atoms with Crippen molar-refractivity contribution in [1.29, 1.82) is 0 Å². The molecular weight excluding hydrogens is 256 g/mol. The maximum absolute atomic E-state index is 5.81. The molecule has 1 N–H and O–H groups in total. The Bertz CT molecular complexity index is 385. The molecule has 1 aromatic rings. The Labute approximate surface area is 111 Å². The van der Waals surface area contributed by atoms with Crippen LogP contribution in [-0.2, 0) is 4.74 Å². The van der Waals surface area contributed by atoms with Crippen molar-refractivity contribution in [2.45, 2.75) is 32.3 Å². The normalized spacial score (nSPS) is 18.9. The summed E-state index contributed by atoms with van der Waals surface area (Å²) >= 11 is 5.81. The van der Waals surface area contributed by atoms with Crippen LogP contribution in [0.25, 0.3) is 0 Å². The Morgan fingerprint density at radius 1 is 1.44 bits per heavy atom. The van der Waals surface area contributed by atoms with Crippen molar-refractivity contribution >= 4 is 17.5 Å². The van der Waals surface area contributed by atoms with E-state index in [0.717, 1.165) is 25.9 Å². The molecule has 7 heteroatoms. The van der Waals surface area contributed by atoms with Gasteiger partial charge in [-0.1, -0.05) is 6.92 Å². The number of rotatable bonds is 6. The number of halogens is 1. The molecule has 1 aliphatic heterocycles. The molecule has 1 aliphatic rings. The van der Waals surface area contributed by atoms with Crippen molar-refractivity contribution in [2.24, 2.45) is 0 Å². The molecule has 6 nitrogen and oxygen atoms in total. The zero-order valence-corrected chi connectivity index (χ0v) is 11.1. The minimum atomic E-state index is 0.131. The van der Waals surface area contributed by atoms with E-state index in [1.807, 2.05) is 6.92 Å². The number of aromatic nitrogens is 3. The molecule has 0 saturated carbocycles. The third kappa shape index (κ3) is 3.96. The third-order valence-electron chi connectivity index (χ3n) is 2.53. The Kier molecular flexibility index (Phi) is 4.95. The fourth-order valence-corrected chi connectivity index (χ4v) is 1.83. The molecule has 1 atom stereocenters. The molecule has 1 fully saturated rings. The highest BCUT2D eigenvalue weighted by Crippen LogP contribution is 2.14. The fraction of sp³-hybridized carbons (Fsp3) is 0.727. The van der Waals surface area contributed by atoms with E-state index in [0.29, 0.717) is 19.1 Å². The number of nitrogens with zero attached hydrogens (tertiary/aromatic N) is 3. The first kappa shape index (κ1) is 13.3. The maximum atomic E-state index is 5.81. The second kappa shape index (κ2) is 6.70. The van der Waals surface area contributed by atoms with Gasteiger partial charge in [0, 0.05) is 13.2 Å². The molecule has 0 amide bonds. The lowest BCUT2D eigenvalue weighted by atomic mass is 10.2. The minimum absolute atomic E-state index is 0.131. The van der Waals surface area contributed by atoms with Crippen molar-refractivity contribution in [3.05, 3.63) is 5.28 Å². The van der Waals surface area contributed by atoms with Crippen molar-refractivity contribution in [3.63, 3.8) is 0 Å². The summed E-state index contributed by atoms with van der Waals surface area (Å²) in [4.78, 5) is 12.0. The molecule has 18 heavy (non-hydrogen) atoms. The van der Waals surface area contributed by atoms with Gasteiger partial charge in [0.05, 0.1) is 12.7 Å². The average molecular weight is 273 g/mol. The van der Waals surface area contributed by atoms with Gasteiger partial charge in [0.15, 0.2) is 0 Å². The zero-order chi connectivity index (χ0) is 12.8. The van der Waals surface area contributed by atoms with Gasteiger partial charge < -0.3 is 14.8 Å². The summed E-state index contributed by atoms with van der Waals surface area (Å²) < 4.78 is 10.8. The van der Waals surface area contributed by atoms with Crippen LogP contribution in [0.2, 0.25) is 5.28 Å². The van der Waals surface area contributed by atoms with Crippen LogP contribution in [0.15, 0.2) is 0 Å². The number of ether oxygens (including phenoxy) is 2. The predicted molar refractivity (Wildman–Crippen MR) is 68.1 cm³/mol. The van der Waals surface area contributed by atoms with E-state index in [2.05, 4.69) is 20.3 Å². The standard InChI is InChI=1S/C11H17ClN4O2/c1-2-5-18-11-15-9(12)14-10(16-11)13-7-8-4-3-6-17-8/h8H,2-7H2,1H3,(H,13,14,15,16). The molecule has 0 bridgehead atoms. The number of anilines is 1. The van der Waals surface area contributed by atoms with Gasteiger partial charge in [0.2, 0.25) is 11.2 Å². The largest absolute Gasteiger partial charge is 0.463 e. The summed E-state index contributed by atoms with van der Waals surface area (Å²) in [5.41, 5.74) is 0. The quantitative estimate of drug-likeness (QED) is 0.853. The lowest BCUT2D eigenvalue weighted by molar-refractivity contribution is 0.120. The highest BCUT2D eigenvalue weighted by molar-refractivity contribution is 6.28. The first-order valence-electron chi connectivity index (χ1n) is 6.17. The van der Waals surface area contributed by atoms with Crippen molar-refractivity contribution in [3.8, 4) is 6.01 Å². The summed E-state index contributed by atoms with van der Waals surface area (Å²) in [6.07, 6.45) is 3.28. The smallest absolute Gasteiger partial charge is 0.322 e. The van der Waals surface area contributed by atoms with Crippen LogP contribution in [0.5, 0.6) is 6.01 Å².